The first kappa shape index (κ1) is 20.1. The predicted octanol–water partition coefficient (Wildman–Crippen LogP) is 4.21. The fraction of sp³-hybridized carbons (Fsp3) is 0.190. The van der Waals surface area contributed by atoms with Gasteiger partial charge in [-0.05, 0) is 43.3 Å². The zero-order valence-electron chi connectivity index (χ0n) is 16.1. The quantitative estimate of drug-likeness (QED) is 0.435. The van der Waals surface area contributed by atoms with Gasteiger partial charge in [-0.1, -0.05) is 12.1 Å². The van der Waals surface area contributed by atoms with Crippen molar-refractivity contribution < 1.29 is 27.8 Å². The average Bonchev–Trinajstić information content (AvgIpc) is 3.22. The predicted molar refractivity (Wildman–Crippen MR) is 103 cm³/mol. The van der Waals surface area contributed by atoms with Gasteiger partial charge in [0, 0.05) is 17.2 Å². The number of carbonyl (C=O) groups is 1. The molecule has 0 saturated carbocycles. The van der Waals surface area contributed by atoms with Gasteiger partial charge in [0.15, 0.2) is 17.6 Å². The molecule has 0 radical (unpaired) electrons. The second-order valence-electron chi connectivity index (χ2n) is 5.95. The average molecular weight is 398 g/mol. The van der Waals surface area contributed by atoms with E-state index in [0.29, 0.717) is 22.6 Å². The molecule has 1 heterocycles. The van der Waals surface area contributed by atoms with Crippen LogP contribution in [0.4, 0.5) is 4.39 Å². The van der Waals surface area contributed by atoms with Crippen LogP contribution in [0.25, 0.3) is 17.5 Å². The van der Waals surface area contributed by atoms with Gasteiger partial charge in [-0.3, -0.25) is 0 Å². The summed E-state index contributed by atoms with van der Waals surface area (Å²) in [6.07, 6.45) is 2.07. The van der Waals surface area contributed by atoms with Crippen LogP contribution in [0, 0.1) is 5.82 Å². The van der Waals surface area contributed by atoms with Gasteiger partial charge in [0.25, 0.3) is 5.89 Å². The molecule has 2 aromatic carbocycles. The van der Waals surface area contributed by atoms with Crippen LogP contribution in [0.3, 0.4) is 0 Å². The highest BCUT2D eigenvalue weighted by molar-refractivity contribution is 5.88. The molecule has 8 heteroatoms. The Balaban J connectivity index is 1.67. The van der Waals surface area contributed by atoms with Crippen molar-refractivity contribution in [3.05, 3.63) is 65.8 Å². The van der Waals surface area contributed by atoms with Gasteiger partial charge >= 0.3 is 5.97 Å². The number of methoxy groups -OCH3 is 2. The molecule has 0 aliphatic rings. The Morgan fingerprint density at radius 1 is 1.10 bits per heavy atom. The monoisotopic (exact) mass is 398 g/mol. The number of nitrogens with zero attached hydrogens (tertiary/aromatic N) is 2. The lowest BCUT2D eigenvalue weighted by Crippen LogP contribution is -2.06. The summed E-state index contributed by atoms with van der Waals surface area (Å²) in [7, 11) is 3.05. The number of halogens is 1. The maximum absolute atomic E-state index is 13.0. The van der Waals surface area contributed by atoms with Crippen LogP contribution in [0.15, 0.2) is 53.0 Å². The van der Waals surface area contributed by atoms with Crippen LogP contribution in [0.2, 0.25) is 0 Å². The second-order valence-corrected chi connectivity index (χ2v) is 5.95. The molecule has 0 N–H and O–H groups in total. The number of rotatable bonds is 7. The third kappa shape index (κ3) is 4.78. The van der Waals surface area contributed by atoms with E-state index in [-0.39, 0.29) is 17.6 Å². The van der Waals surface area contributed by atoms with E-state index < -0.39 is 12.1 Å². The summed E-state index contributed by atoms with van der Waals surface area (Å²) in [5.41, 5.74) is 1.22. The minimum Gasteiger partial charge on any atom is -0.493 e. The highest BCUT2D eigenvalue weighted by Gasteiger charge is 2.18. The summed E-state index contributed by atoms with van der Waals surface area (Å²) in [4.78, 5) is 12.2. The van der Waals surface area contributed by atoms with Crippen molar-refractivity contribution in [3.63, 3.8) is 0 Å². The van der Waals surface area contributed by atoms with E-state index in [4.69, 9.17) is 18.6 Å². The Kier molecular flexibility index (Phi) is 6.23. The Hall–Kier alpha value is -3.68. The summed E-state index contributed by atoms with van der Waals surface area (Å²) in [5.74, 6) is 0.437. The minimum absolute atomic E-state index is 0.130. The van der Waals surface area contributed by atoms with Crippen molar-refractivity contribution in [2.45, 2.75) is 13.0 Å². The molecule has 0 saturated heterocycles. The van der Waals surface area contributed by atoms with Crippen molar-refractivity contribution in [2.75, 3.05) is 14.2 Å². The Morgan fingerprint density at radius 3 is 2.55 bits per heavy atom. The van der Waals surface area contributed by atoms with Gasteiger partial charge in [-0.2, -0.15) is 0 Å². The molecule has 0 spiro atoms. The van der Waals surface area contributed by atoms with E-state index in [2.05, 4.69) is 10.2 Å². The maximum Gasteiger partial charge on any atom is 0.331 e. The number of hydrogen-bond donors (Lipinski definition) is 0. The number of ether oxygens (including phenoxy) is 3. The van der Waals surface area contributed by atoms with Crippen molar-refractivity contribution in [3.8, 4) is 23.0 Å². The minimum atomic E-state index is -0.763. The van der Waals surface area contributed by atoms with Crippen LogP contribution >= 0.6 is 0 Å². The molecule has 1 aromatic heterocycles. The first-order chi connectivity index (χ1) is 14.0. The topological polar surface area (TPSA) is 83.7 Å². The van der Waals surface area contributed by atoms with Gasteiger partial charge in [0.1, 0.15) is 5.82 Å². The molecule has 150 valence electrons. The summed E-state index contributed by atoms with van der Waals surface area (Å²) in [6, 6.07) is 10.9. The van der Waals surface area contributed by atoms with Gasteiger partial charge in [0.2, 0.25) is 5.89 Å². The fourth-order valence-electron chi connectivity index (χ4n) is 2.57. The van der Waals surface area contributed by atoms with E-state index >= 15 is 0 Å². The van der Waals surface area contributed by atoms with E-state index in [1.807, 2.05) is 0 Å². The second kappa shape index (κ2) is 9.01. The molecule has 0 aliphatic heterocycles. The summed E-state index contributed by atoms with van der Waals surface area (Å²) in [5, 5.41) is 7.79. The van der Waals surface area contributed by atoms with Crippen molar-refractivity contribution in [1.29, 1.82) is 0 Å². The standard InChI is InChI=1S/C21H19FN2O5/c1-13(20-23-24-21(29-20)15-7-10-16(22)11-8-15)28-18(25)12-9-14-5-4-6-17(26-2)19(14)27-3/h4-13H,1-3H3/b12-9+/t13-/m0/s1. The molecular weight excluding hydrogens is 379 g/mol. The third-order valence-corrected chi connectivity index (χ3v) is 4.00. The van der Waals surface area contributed by atoms with Crippen molar-refractivity contribution in [1.82, 2.24) is 10.2 Å². The highest BCUT2D eigenvalue weighted by atomic mass is 19.1. The first-order valence-electron chi connectivity index (χ1n) is 8.71. The summed E-state index contributed by atoms with van der Waals surface area (Å²) < 4.78 is 34.4. The van der Waals surface area contributed by atoms with Gasteiger partial charge < -0.3 is 18.6 Å². The highest BCUT2D eigenvalue weighted by Crippen LogP contribution is 2.31. The number of aromatic nitrogens is 2. The molecule has 7 nitrogen and oxygen atoms in total. The molecular formula is C21H19FN2O5. The Labute approximate surface area is 166 Å². The number of esters is 1. The fourth-order valence-corrected chi connectivity index (χ4v) is 2.57. The molecule has 0 aliphatic carbocycles. The molecule has 0 bridgehead atoms. The molecule has 0 amide bonds. The third-order valence-electron chi connectivity index (χ3n) is 4.00. The maximum atomic E-state index is 13.0. The Morgan fingerprint density at radius 2 is 1.86 bits per heavy atom. The van der Waals surface area contributed by atoms with Gasteiger partial charge in [0.05, 0.1) is 14.2 Å². The largest absolute Gasteiger partial charge is 0.493 e. The van der Waals surface area contributed by atoms with E-state index in [0.717, 1.165) is 0 Å². The zero-order chi connectivity index (χ0) is 20.8. The smallest absolute Gasteiger partial charge is 0.331 e. The van der Waals surface area contributed by atoms with Crippen LogP contribution < -0.4 is 9.47 Å². The lowest BCUT2D eigenvalue weighted by molar-refractivity contribution is -0.143. The Bertz CT molecular complexity index is 1010. The first-order valence-corrected chi connectivity index (χ1v) is 8.71. The van der Waals surface area contributed by atoms with Crippen LogP contribution in [-0.4, -0.2) is 30.4 Å². The number of carbonyl (C=O) groups excluding carboxylic acids is 1. The summed E-state index contributed by atoms with van der Waals surface area (Å²) >= 11 is 0. The number of para-hydroxylation sites is 1. The molecule has 0 unspecified atom stereocenters. The van der Waals surface area contributed by atoms with E-state index in [1.54, 1.807) is 31.2 Å². The molecule has 1 atom stereocenters. The van der Waals surface area contributed by atoms with E-state index in [1.165, 1.54) is 44.6 Å². The van der Waals surface area contributed by atoms with Crippen molar-refractivity contribution in [2.24, 2.45) is 0 Å². The zero-order valence-corrected chi connectivity index (χ0v) is 16.1. The molecule has 29 heavy (non-hydrogen) atoms. The molecule has 0 fully saturated rings. The molecule has 3 rings (SSSR count). The lowest BCUT2D eigenvalue weighted by Gasteiger charge is -2.10. The van der Waals surface area contributed by atoms with Crippen LogP contribution in [-0.2, 0) is 9.53 Å². The van der Waals surface area contributed by atoms with Crippen molar-refractivity contribution >= 4 is 12.0 Å². The number of benzene rings is 2. The summed E-state index contributed by atoms with van der Waals surface area (Å²) in [6.45, 7) is 1.61. The van der Waals surface area contributed by atoms with Gasteiger partial charge in [-0.15, -0.1) is 10.2 Å². The molecule has 3 aromatic rings. The number of hydrogen-bond acceptors (Lipinski definition) is 7. The SMILES string of the molecule is COc1cccc(/C=C/C(=O)O[C@@H](C)c2nnc(-c3ccc(F)cc3)o2)c1OC. The van der Waals surface area contributed by atoms with Crippen LogP contribution in [0.5, 0.6) is 11.5 Å². The van der Waals surface area contributed by atoms with Gasteiger partial charge in [-0.25, -0.2) is 9.18 Å². The van der Waals surface area contributed by atoms with Crippen LogP contribution in [0.1, 0.15) is 24.5 Å². The van der Waals surface area contributed by atoms with E-state index in [9.17, 15) is 9.18 Å². The normalized spacial score (nSPS) is 12.0. The lowest BCUT2D eigenvalue weighted by atomic mass is 10.1.